The molecule has 3 N–H and O–H groups in total. The highest BCUT2D eigenvalue weighted by atomic mass is 14.9. The molecule has 3 aromatic rings. The van der Waals surface area contributed by atoms with Gasteiger partial charge in [-0.15, -0.1) is 0 Å². The van der Waals surface area contributed by atoms with Gasteiger partial charge in [-0.25, -0.2) is 0 Å². The first-order chi connectivity index (χ1) is 11.4. The number of nitrogens with zero attached hydrogens (tertiary/aromatic N) is 1. The Morgan fingerprint density at radius 3 is 2.09 bits per heavy atom. The van der Waals surface area contributed by atoms with E-state index in [4.69, 9.17) is 0 Å². The summed E-state index contributed by atoms with van der Waals surface area (Å²) in [7, 11) is 0. The van der Waals surface area contributed by atoms with Gasteiger partial charge < -0.3 is 16.0 Å². The lowest BCUT2D eigenvalue weighted by atomic mass is 10.1. The van der Waals surface area contributed by atoms with E-state index in [1.165, 1.54) is 11.3 Å². The molecule has 0 fully saturated rings. The molecule has 1 aliphatic heterocycles. The van der Waals surface area contributed by atoms with Gasteiger partial charge in [-0.05, 0) is 66.6 Å². The average molecular weight is 302 g/mol. The van der Waals surface area contributed by atoms with Crippen molar-refractivity contribution in [2.24, 2.45) is 0 Å². The molecule has 4 nitrogen and oxygen atoms in total. The molecule has 4 heteroatoms. The molecule has 1 aliphatic rings. The Kier molecular flexibility index (Phi) is 3.56. The number of pyridine rings is 1. The zero-order valence-electron chi connectivity index (χ0n) is 12.7. The van der Waals surface area contributed by atoms with Crippen molar-refractivity contribution >= 4 is 28.4 Å². The zero-order chi connectivity index (χ0) is 15.5. The summed E-state index contributed by atoms with van der Waals surface area (Å²) in [6.45, 7) is 1.04. The van der Waals surface area contributed by atoms with Gasteiger partial charge in [-0.3, -0.25) is 4.98 Å². The van der Waals surface area contributed by atoms with Crippen molar-refractivity contribution in [2.75, 3.05) is 22.5 Å². The van der Waals surface area contributed by atoms with Crippen molar-refractivity contribution < 1.29 is 0 Å². The first kappa shape index (κ1) is 13.6. The molecule has 2 heterocycles. The monoisotopic (exact) mass is 302 g/mol. The van der Waals surface area contributed by atoms with E-state index >= 15 is 0 Å². The molecule has 1 aromatic heterocycles. The summed E-state index contributed by atoms with van der Waals surface area (Å²) in [6.07, 6.45) is 4.65. The number of benzene rings is 2. The molecule has 0 spiro atoms. The SMILES string of the molecule is c1cc(Nc2ccc(Nc3ccc4c(c3)CCN4)cc2)ccn1. The summed E-state index contributed by atoms with van der Waals surface area (Å²) in [6, 6.07) is 18.7. The van der Waals surface area contributed by atoms with Crippen molar-refractivity contribution in [3.05, 3.63) is 72.6 Å². The van der Waals surface area contributed by atoms with Crippen LogP contribution in [0.25, 0.3) is 0 Å². The smallest absolute Gasteiger partial charge is 0.0415 e. The average Bonchev–Trinajstić information content (AvgIpc) is 3.05. The van der Waals surface area contributed by atoms with Crippen LogP contribution in [0.1, 0.15) is 5.56 Å². The lowest BCUT2D eigenvalue weighted by molar-refractivity contribution is 1.11. The van der Waals surface area contributed by atoms with Gasteiger partial charge in [0.1, 0.15) is 0 Å². The maximum Gasteiger partial charge on any atom is 0.0415 e. The minimum atomic E-state index is 1.03. The molecule has 0 saturated carbocycles. The van der Waals surface area contributed by atoms with Crippen LogP contribution in [-0.2, 0) is 6.42 Å². The van der Waals surface area contributed by atoms with Crippen LogP contribution in [0.5, 0.6) is 0 Å². The Labute approximate surface area is 135 Å². The van der Waals surface area contributed by atoms with Crippen molar-refractivity contribution in [1.29, 1.82) is 0 Å². The highest BCUT2D eigenvalue weighted by Crippen LogP contribution is 2.27. The van der Waals surface area contributed by atoms with Crippen LogP contribution in [-0.4, -0.2) is 11.5 Å². The normalized spacial score (nSPS) is 12.3. The highest BCUT2D eigenvalue weighted by Gasteiger charge is 2.09. The molecule has 2 aromatic carbocycles. The van der Waals surface area contributed by atoms with Crippen molar-refractivity contribution in [3.63, 3.8) is 0 Å². The van der Waals surface area contributed by atoms with Gasteiger partial charge in [0.2, 0.25) is 0 Å². The predicted molar refractivity (Wildman–Crippen MR) is 95.9 cm³/mol. The second kappa shape index (κ2) is 6.01. The first-order valence-electron chi connectivity index (χ1n) is 7.78. The number of aromatic nitrogens is 1. The van der Waals surface area contributed by atoms with Crippen molar-refractivity contribution in [1.82, 2.24) is 4.98 Å². The third-order valence-corrected chi connectivity index (χ3v) is 3.96. The molecule has 4 rings (SSSR count). The van der Waals surface area contributed by atoms with Gasteiger partial charge in [0.05, 0.1) is 0 Å². The maximum atomic E-state index is 4.02. The number of rotatable bonds is 4. The Hall–Kier alpha value is -3.01. The lowest BCUT2D eigenvalue weighted by Gasteiger charge is -2.10. The zero-order valence-corrected chi connectivity index (χ0v) is 12.7. The topological polar surface area (TPSA) is 49.0 Å². The second-order valence-corrected chi connectivity index (χ2v) is 5.61. The van der Waals surface area contributed by atoms with Gasteiger partial charge in [-0.1, -0.05) is 0 Å². The minimum absolute atomic E-state index is 1.03. The van der Waals surface area contributed by atoms with Crippen molar-refractivity contribution in [2.45, 2.75) is 6.42 Å². The molecule has 0 saturated heterocycles. The van der Waals surface area contributed by atoms with Gasteiger partial charge in [0, 0.05) is 47.4 Å². The standard InChI is InChI=1S/C19H18N4/c1-3-16(4-2-15(1)22-17-8-10-20-11-9-17)23-18-5-6-19-14(13-18)7-12-21-19/h1-6,8-11,13,21,23H,7,12H2,(H,20,22). The van der Waals surface area contributed by atoms with Crippen LogP contribution < -0.4 is 16.0 Å². The van der Waals surface area contributed by atoms with Crippen LogP contribution in [0.15, 0.2) is 67.0 Å². The molecule has 0 aliphatic carbocycles. The Morgan fingerprint density at radius 1 is 0.739 bits per heavy atom. The number of fused-ring (bicyclic) bond motifs is 1. The molecule has 0 bridgehead atoms. The fourth-order valence-corrected chi connectivity index (χ4v) is 2.79. The number of hydrogen-bond donors (Lipinski definition) is 3. The van der Waals surface area contributed by atoms with Crippen LogP contribution in [0, 0.1) is 0 Å². The van der Waals surface area contributed by atoms with E-state index in [1.54, 1.807) is 12.4 Å². The summed E-state index contributed by atoms with van der Waals surface area (Å²) in [4.78, 5) is 4.02. The van der Waals surface area contributed by atoms with E-state index in [0.717, 1.165) is 35.7 Å². The van der Waals surface area contributed by atoms with Gasteiger partial charge in [0.25, 0.3) is 0 Å². The van der Waals surface area contributed by atoms with E-state index in [1.807, 2.05) is 12.1 Å². The molecule has 0 atom stereocenters. The second-order valence-electron chi connectivity index (χ2n) is 5.61. The van der Waals surface area contributed by atoms with Crippen molar-refractivity contribution in [3.8, 4) is 0 Å². The number of nitrogens with one attached hydrogen (secondary N) is 3. The maximum absolute atomic E-state index is 4.02. The van der Waals surface area contributed by atoms with E-state index in [9.17, 15) is 0 Å². The summed E-state index contributed by atoms with van der Waals surface area (Å²) in [5, 5.41) is 10.2. The fourth-order valence-electron chi connectivity index (χ4n) is 2.79. The summed E-state index contributed by atoms with van der Waals surface area (Å²) >= 11 is 0. The molecular weight excluding hydrogens is 284 g/mol. The third kappa shape index (κ3) is 3.11. The quantitative estimate of drug-likeness (QED) is 0.662. The Morgan fingerprint density at radius 2 is 1.35 bits per heavy atom. The predicted octanol–water partition coefficient (Wildman–Crippen LogP) is 4.54. The third-order valence-electron chi connectivity index (χ3n) is 3.96. The summed E-state index contributed by atoms with van der Waals surface area (Å²) in [5.41, 5.74) is 6.93. The number of hydrogen-bond acceptors (Lipinski definition) is 4. The first-order valence-corrected chi connectivity index (χ1v) is 7.78. The Bertz CT molecular complexity index is 797. The van der Waals surface area contributed by atoms with Crippen LogP contribution in [0.4, 0.5) is 28.4 Å². The lowest BCUT2D eigenvalue weighted by Crippen LogP contribution is -1.93. The fraction of sp³-hybridized carbons (Fsp3) is 0.105. The Balaban J connectivity index is 1.46. The van der Waals surface area contributed by atoms with E-state index < -0.39 is 0 Å². The molecule has 0 radical (unpaired) electrons. The van der Waals surface area contributed by atoms with Gasteiger partial charge in [0.15, 0.2) is 0 Å². The van der Waals surface area contributed by atoms with Gasteiger partial charge >= 0.3 is 0 Å². The number of anilines is 5. The highest BCUT2D eigenvalue weighted by molar-refractivity contribution is 5.69. The van der Waals surface area contributed by atoms with E-state index in [2.05, 4.69) is 63.4 Å². The largest absolute Gasteiger partial charge is 0.384 e. The molecular formula is C19H18N4. The van der Waals surface area contributed by atoms with E-state index in [0.29, 0.717) is 0 Å². The van der Waals surface area contributed by atoms with E-state index in [-0.39, 0.29) is 0 Å². The molecule has 23 heavy (non-hydrogen) atoms. The van der Waals surface area contributed by atoms with Crippen LogP contribution >= 0.6 is 0 Å². The molecule has 0 unspecified atom stereocenters. The molecule has 0 amide bonds. The van der Waals surface area contributed by atoms with Crippen LogP contribution in [0.2, 0.25) is 0 Å². The van der Waals surface area contributed by atoms with Crippen LogP contribution in [0.3, 0.4) is 0 Å². The molecule has 114 valence electrons. The summed E-state index contributed by atoms with van der Waals surface area (Å²) in [5.74, 6) is 0. The minimum Gasteiger partial charge on any atom is -0.384 e. The summed E-state index contributed by atoms with van der Waals surface area (Å²) < 4.78 is 0. The van der Waals surface area contributed by atoms with Gasteiger partial charge in [-0.2, -0.15) is 0 Å².